The Labute approximate surface area is 133 Å². The summed E-state index contributed by atoms with van der Waals surface area (Å²) in [5.74, 6) is 0.516. The highest BCUT2D eigenvalue weighted by Crippen LogP contribution is 2.26. The number of ether oxygens (including phenoxy) is 1. The molecule has 1 aliphatic heterocycles. The second kappa shape index (κ2) is 6.08. The largest absolute Gasteiger partial charge is 0.464 e. The molecule has 0 radical (unpaired) electrons. The molecule has 3 nitrogen and oxygen atoms in total. The topological polar surface area (TPSA) is 38.3 Å². The predicted molar refractivity (Wildman–Crippen MR) is 89.0 cm³/mol. The first-order valence-electron chi connectivity index (χ1n) is 6.85. The van der Waals surface area contributed by atoms with Crippen LogP contribution in [-0.2, 0) is 4.79 Å². The van der Waals surface area contributed by atoms with Crippen LogP contribution < -0.4 is 10.1 Å². The van der Waals surface area contributed by atoms with Crippen molar-refractivity contribution < 1.29 is 9.53 Å². The Morgan fingerprint density at radius 2 is 1.95 bits per heavy atom. The summed E-state index contributed by atoms with van der Waals surface area (Å²) in [7, 11) is 0. The van der Waals surface area contributed by atoms with E-state index in [9.17, 15) is 4.79 Å². The van der Waals surface area contributed by atoms with Crippen LogP contribution in [0.2, 0.25) is 5.02 Å². The van der Waals surface area contributed by atoms with Gasteiger partial charge in [-0.25, -0.2) is 0 Å². The molecule has 0 unspecified atom stereocenters. The first-order chi connectivity index (χ1) is 10.6. The monoisotopic (exact) mass is 311 g/mol. The van der Waals surface area contributed by atoms with Crippen molar-refractivity contribution >= 4 is 29.3 Å². The van der Waals surface area contributed by atoms with Crippen LogP contribution in [0.1, 0.15) is 11.1 Å². The lowest BCUT2D eigenvalue weighted by Gasteiger charge is -2.09. The van der Waals surface area contributed by atoms with Crippen LogP contribution in [0, 0.1) is 6.92 Å². The highest BCUT2D eigenvalue weighted by atomic mass is 35.5. The van der Waals surface area contributed by atoms with Gasteiger partial charge in [-0.1, -0.05) is 35.9 Å². The standard InChI is InChI=1S/C18H14ClNO2/c1-12-15(19)6-4-7-16(12)20-18(21)14-9-10-22-17-8-3-2-5-13(17)11-14/h2-11H,1H3,(H,20,21). The predicted octanol–water partition coefficient (Wildman–Crippen LogP) is 4.58. The van der Waals surface area contributed by atoms with Crippen LogP contribution in [-0.4, -0.2) is 5.91 Å². The smallest absolute Gasteiger partial charge is 0.255 e. The van der Waals surface area contributed by atoms with Crippen LogP contribution in [0.15, 0.2) is 60.4 Å². The molecule has 0 atom stereocenters. The van der Waals surface area contributed by atoms with Crippen molar-refractivity contribution in [3.05, 3.63) is 76.5 Å². The van der Waals surface area contributed by atoms with Gasteiger partial charge in [-0.15, -0.1) is 0 Å². The molecule has 0 spiro atoms. The van der Waals surface area contributed by atoms with Gasteiger partial charge in [0, 0.05) is 21.8 Å². The molecule has 22 heavy (non-hydrogen) atoms. The summed E-state index contributed by atoms with van der Waals surface area (Å²) in [6.45, 7) is 1.87. The van der Waals surface area contributed by atoms with Gasteiger partial charge in [0.2, 0.25) is 0 Å². The molecule has 1 amide bonds. The van der Waals surface area contributed by atoms with E-state index < -0.39 is 0 Å². The maximum Gasteiger partial charge on any atom is 0.255 e. The third kappa shape index (κ3) is 2.90. The minimum absolute atomic E-state index is 0.207. The van der Waals surface area contributed by atoms with Gasteiger partial charge in [0.25, 0.3) is 5.91 Å². The number of hydrogen-bond acceptors (Lipinski definition) is 2. The van der Waals surface area contributed by atoms with Crippen LogP contribution in [0.3, 0.4) is 0 Å². The van der Waals surface area contributed by atoms with Crippen LogP contribution in [0.4, 0.5) is 5.69 Å². The molecule has 0 saturated carbocycles. The first-order valence-corrected chi connectivity index (χ1v) is 7.23. The Balaban J connectivity index is 1.89. The van der Waals surface area contributed by atoms with E-state index in [1.165, 1.54) is 6.26 Å². The number of anilines is 1. The Morgan fingerprint density at radius 1 is 1.14 bits per heavy atom. The molecule has 110 valence electrons. The molecule has 4 heteroatoms. The fourth-order valence-corrected chi connectivity index (χ4v) is 2.36. The molecule has 2 aromatic carbocycles. The zero-order chi connectivity index (χ0) is 15.5. The molecule has 2 aromatic rings. The number of para-hydroxylation sites is 1. The average Bonchev–Trinajstić information content (AvgIpc) is 2.74. The summed E-state index contributed by atoms with van der Waals surface area (Å²) < 4.78 is 5.49. The maximum absolute atomic E-state index is 12.5. The second-order valence-corrected chi connectivity index (χ2v) is 5.33. The van der Waals surface area contributed by atoms with Gasteiger partial charge in [0.15, 0.2) is 0 Å². The number of nitrogens with one attached hydrogen (secondary N) is 1. The normalized spacial score (nSPS) is 12.7. The van der Waals surface area contributed by atoms with Crippen molar-refractivity contribution in [1.82, 2.24) is 0 Å². The zero-order valence-electron chi connectivity index (χ0n) is 12.0. The first kappa shape index (κ1) is 14.4. The number of amides is 1. The minimum atomic E-state index is -0.207. The summed E-state index contributed by atoms with van der Waals surface area (Å²) in [4.78, 5) is 12.5. The molecular weight excluding hydrogens is 298 g/mol. The van der Waals surface area contributed by atoms with Crippen molar-refractivity contribution in [2.75, 3.05) is 5.32 Å². The van der Waals surface area contributed by atoms with Gasteiger partial charge >= 0.3 is 0 Å². The molecule has 1 aliphatic rings. The lowest BCUT2D eigenvalue weighted by molar-refractivity contribution is -0.112. The number of carbonyl (C=O) groups is 1. The highest BCUT2D eigenvalue weighted by Gasteiger charge is 2.13. The average molecular weight is 312 g/mol. The number of rotatable bonds is 2. The van der Waals surface area contributed by atoms with E-state index in [2.05, 4.69) is 5.32 Å². The zero-order valence-corrected chi connectivity index (χ0v) is 12.7. The lowest BCUT2D eigenvalue weighted by Crippen LogP contribution is -2.14. The van der Waals surface area contributed by atoms with E-state index in [1.807, 2.05) is 37.3 Å². The fraction of sp³-hybridized carbons (Fsp3) is 0.0556. The summed E-state index contributed by atoms with van der Waals surface area (Å²) >= 11 is 6.08. The Morgan fingerprint density at radius 3 is 2.82 bits per heavy atom. The quantitative estimate of drug-likeness (QED) is 0.881. The molecule has 1 heterocycles. The molecular formula is C18H14ClNO2. The summed E-state index contributed by atoms with van der Waals surface area (Å²) in [6, 6.07) is 13.0. The SMILES string of the molecule is Cc1c(Cl)cccc1NC(=O)C1=Cc2ccccc2OC=C1. The van der Waals surface area contributed by atoms with Gasteiger partial charge < -0.3 is 10.1 Å². The summed E-state index contributed by atoms with van der Waals surface area (Å²) in [5.41, 5.74) is 2.92. The third-order valence-corrected chi connectivity index (χ3v) is 3.86. The summed E-state index contributed by atoms with van der Waals surface area (Å²) in [6.07, 6.45) is 4.96. The van der Waals surface area contributed by atoms with E-state index in [4.69, 9.17) is 16.3 Å². The fourth-order valence-electron chi connectivity index (χ4n) is 2.18. The number of fused-ring (bicyclic) bond motifs is 1. The molecule has 0 aromatic heterocycles. The van der Waals surface area contributed by atoms with Crippen molar-refractivity contribution in [2.24, 2.45) is 0 Å². The minimum Gasteiger partial charge on any atom is -0.464 e. The van der Waals surface area contributed by atoms with Gasteiger partial charge in [-0.05, 0) is 42.8 Å². The van der Waals surface area contributed by atoms with Crippen molar-refractivity contribution in [3.8, 4) is 5.75 Å². The Hall–Kier alpha value is -2.52. The Kier molecular flexibility index (Phi) is 3.98. The van der Waals surface area contributed by atoms with Gasteiger partial charge in [-0.3, -0.25) is 4.79 Å². The van der Waals surface area contributed by atoms with Crippen molar-refractivity contribution in [1.29, 1.82) is 0 Å². The molecule has 0 aliphatic carbocycles. The summed E-state index contributed by atoms with van der Waals surface area (Å²) in [5, 5.41) is 3.50. The molecule has 1 N–H and O–H groups in total. The number of halogens is 1. The van der Waals surface area contributed by atoms with E-state index in [0.29, 0.717) is 16.3 Å². The van der Waals surface area contributed by atoms with Gasteiger partial charge in [-0.2, -0.15) is 0 Å². The number of benzene rings is 2. The third-order valence-electron chi connectivity index (χ3n) is 3.45. The van der Waals surface area contributed by atoms with Crippen molar-refractivity contribution in [2.45, 2.75) is 6.92 Å². The molecule has 0 fully saturated rings. The lowest BCUT2D eigenvalue weighted by atomic mass is 10.1. The van der Waals surface area contributed by atoms with Gasteiger partial charge in [0.05, 0.1) is 6.26 Å². The molecule has 0 saturated heterocycles. The van der Waals surface area contributed by atoms with E-state index in [0.717, 1.165) is 16.9 Å². The highest BCUT2D eigenvalue weighted by molar-refractivity contribution is 6.31. The van der Waals surface area contributed by atoms with Crippen molar-refractivity contribution in [3.63, 3.8) is 0 Å². The maximum atomic E-state index is 12.5. The van der Waals surface area contributed by atoms with Crippen LogP contribution >= 0.6 is 11.6 Å². The van der Waals surface area contributed by atoms with Crippen LogP contribution in [0.5, 0.6) is 5.75 Å². The number of hydrogen-bond donors (Lipinski definition) is 1. The van der Waals surface area contributed by atoms with E-state index in [-0.39, 0.29) is 5.91 Å². The molecule has 0 bridgehead atoms. The molecule has 3 rings (SSSR count). The Bertz CT molecular complexity index is 793. The number of carbonyl (C=O) groups excluding carboxylic acids is 1. The van der Waals surface area contributed by atoms with Crippen LogP contribution in [0.25, 0.3) is 6.08 Å². The van der Waals surface area contributed by atoms with Gasteiger partial charge in [0.1, 0.15) is 5.75 Å². The second-order valence-electron chi connectivity index (χ2n) is 4.92. The van der Waals surface area contributed by atoms with E-state index >= 15 is 0 Å². The van der Waals surface area contributed by atoms with E-state index in [1.54, 1.807) is 24.3 Å².